The van der Waals surface area contributed by atoms with Gasteiger partial charge in [0, 0.05) is 23.7 Å². The van der Waals surface area contributed by atoms with Gasteiger partial charge >= 0.3 is 0 Å². The summed E-state index contributed by atoms with van der Waals surface area (Å²) in [6.45, 7) is 2.36. The molecule has 0 aromatic carbocycles. The number of hydrogen-bond donors (Lipinski definition) is 1. The van der Waals surface area contributed by atoms with Gasteiger partial charge in [-0.05, 0) is 62.4 Å². The van der Waals surface area contributed by atoms with Gasteiger partial charge in [-0.15, -0.1) is 0 Å². The van der Waals surface area contributed by atoms with Gasteiger partial charge in [-0.3, -0.25) is 9.59 Å². The van der Waals surface area contributed by atoms with Crippen molar-refractivity contribution in [3.05, 3.63) is 11.6 Å². The van der Waals surface area contributed by atoms with Crippen LogP contribution in [0, 0.1) is 28.6 Å². The van der Waals surface area contributed by atoms with Crippen LogP contribution < -0.4 is 0 Å². The molecule has 4 aliphatic rings. The fourth-order valence-electron chi connectivity index (χ4n) is 6.43. The average Bonchev–Trinajstić information content (AvgIpc) is 2.82. The molecule has 0 amide bonds. The maximum absolute atomic E-state index is 12.4. The Morgan fingerprint density at radius 3 is 2.68 bits per heavy atom. The number of Topliss-reactive ketones (excluding diaryl/α,β-unsaturated/α-hetero) is 1. The predicted molar refractivity (Wildman–Crippen MR) is 83.1 cm³/mol. The summed E-state index contributed by atoms with van der Waals surface area (Å²) in [5.74, 6) is 2.22. The lowest BCUT2D eigenvalue weighted by molar-refractivity contribution is -0.134. The van der Waals surface area contributed by atoms with Crippen LogP contribution in [0.4, 0.5) is 0 Å². The maximum Gasteiger partial charge on any atom is 0.155 e. The molecule has 0 heterocycles. The molecule has 0 bridgehead atoms. The quantitative estimate of drug-likeness (QED) is 0.810. The van der Waals surface area contributed by atoms with Gasteiger partial charge in [0.2, 0.25) is 0 Å². The number of ketones is 2. The van der Waals surface area contributed by atoms with E-state index in [2.05, 4.69) is 6.92 Å². The summed E-state index contributed by atoms with van der Waals surface area (Å²) in [5, 5.41) is 10.2. The smallest absolute Gasteiger partial charge is 0.155 e. The molecule has 3 nitrogen and oxygen atoms in total. The summed E-state index contributed by atoms with van der Waals surface area (Å²) in [5.41, 5.74) is 0.938. The molecule has 3 unspecified atom stereocenters. The number of hydrogen-bond acceptors (Lipinski definition) is 3. The summed E-state index contributed by atoms with van der Waals surface area (Å²) in [7, 11) is 0. The minimum Gasteiger partial charge on any atom is -0.395 e. The van der Waals surface area contributed by atoms with Crippen molar-refractivity contribution in [3.63, 3.8) is 0 Å². The van der Waals surface area contributed by atoms with Crippen molar-refractivity contribution in [2.24, 2.45) is 28.6 Å². The molecular weight excluding hydrogens is 276 g/mol. The summed E-state index contributed by atoms with van der Waals surface area (Å²) in [4.78, 5) is 24.2. The van der Waals surface area contributed by atoms with Gasteiger partial charge in [-0.2, -0.15) is 0 Å². The van der Waals surface area contributed by atoms with Gasteiger partial charge in [-0.25, -0.2) is 0 Å². The number of rotatable bonds is 1. The lowest BCUT2D eigenvalue weighted by Crippen LogP contribution is -2.53. The molecule has 0 aromatic rings. The van der Waals surface area contributed by atoms with Crippen molar-refractivity contribution in [3.8, 4) is 0 Å². The average molecular weight is 302 g/mol. The third-order valence-corrected chi connectivity index (χ3v) is 7.68. The van der Waals surface area contributed by atoms with Crippen LogP contribution in [-0.2, 0) is 9.59 Å². The van der Waals surface area contributed by atoms with E-state index in [-0.39, 0.29) is 23.2 Å². The molecule has 0 aromatic heterocycles. The fraction of sp³-hybridized carbons (Fsp3) is 0.789. The van der Waals surface area contributed by atoms with E-state index in [4.69, 9.17) is 0 Å². The SMILES string of the molecule is C[C@]12CCC3[C@@H](CCC4=CC(=O)CCC43CO)C1CCC2=O. The topological polar surface area (TPSA) is 54.4 Å². The Balaban J connectivity index is 1.73. The monoisotopic (exact) mass is 302 g/mol. The van der Waals surface area contributed by atoms with Crippen molar-refractivity contribution in [1.82, 2.24) is 0 Å². The summed E-state index contributed by atoms with van der Waals surface area (Å²) in [6.07, 6.45) is 9.06. The molecule has 3 saturated carbocycles. The number of carbonyl (C=O) groups excluding carboxylic acids is 2. The molecule has 1 N–H and O–H groups in total. The highest BCUT2D eigenvalue weighted by molar-refractivity contribution is 5.91. The zero-order valence-electron chi connectivity index (χ0n) is 13.4. The minimum atomic E-state index is -0.163. The van der Waals surface area contributed by atoms with E-state index in [1.54, 1.807) is 0 Å². The second-order valence-corrected chi connectivity index (χ2v) is 8.28. The largest absolute Gasteiger partial charge is 0.395 e. The highest BCUT2D eigenvalue weighted by Crippen LogP contribution is 2.64. The second kappa shape index (κ2) is 4.77. The number of aliphatic hydroxyl groups excluding tert-OH is 1. The van der Waals surface area contributed by atoms with Gasteiger partial charge in [-0.1, -0.05) is 12.5 Å². The van der Waals surface area contributed by atoms with Crippen LogP contribution in [0.25, 0.3) is 0 Å². The van der Waals surface area contributed by atoms with Gasteiger partial charge in [0.05, 0.1) is 6.61 Å². The molecule has 120 valence electrons. The van der Waals surface area contributed by atoms with Crippen LogP contribution >= 0.6 is 0 Å². The lowest BCUT2D eigenvalue weighted by atomic mass is 9.47. The fourth-order valence-corrected chi connectivity index (χ4v) is 6.43. The first-order valence-electron chi connectivity index (χ1n) is 8.89. The normalized spacial score (nSPS) is 47.5. The van der Waals surface area contributed by atoms with E-state index in [1.165, 1.54) is 5.57 Å². The molecule has 22 heavy (non-hydrogen) atoms. The Morgan fingerprint density at radius 2 is 1.91 bits per heavy atom. The minimum absolute atomic E-state index is 0.108. The Morgan fingerprint density at radius 1 is 1.09 bits per heavy atom. The molecule has 4 aliphatic carbocycles. The van der Waals surface area contributed by atoms with Gasteiger partial charge in [0.15, 0.2) is 5.78 Å². The molecule has 4 rings (SSSR count). The summed E-state index contributed by atoms with van der Waals surface area (Å²) < 4.78 is 0. The standard InChI is InChI=1S/C19H26O3/c1-18-8-7-16-14(15(18)4-5-17(18)22)3-2-12-10-13(21)6-9-19(12,16)11-20/h10,14-16,20H,2-9,11H2,1H3/t14-,15?,16?,18-,19?/m0/s1. The Kier molecular flexibility index (Phi) is 3.17. The zero-order chi connectivity index (χ0) is 15.5. The molecule has 0 aliphatic heterocycles. The molecule has 0 saturated heterocycles. The van der Waals surface area contributed by atoms with Crippen LogP contribution in [0.2, 0.25) is 0 Å². The van der Waals surface area contributed by atoms with Crippen molar-refractivity contribution in [2.75, 3.05) is 6.61 Å². The number of fused-ring (bicyclic) bond motifs is 5. The third-order valence-electron chi connectivity index (χ3n) is 7.68. The van der Waals surface area contributed by atoms with E-state index in [9.17, 15) is 14.7 Å². The number of aliphatic hydroxyl groups is 1. The van der Waals surface area contributed by atoms with E-state index < -0.39 is 0 Å². The first-order valence-corrected chi connectivity index (χ1v) is 8.89. The first-order chi connectivity index (χ1) is 10.5. The molecule has 0 spiro atoms. The van der Waals surface area contributed by atoms with Crippen LogP contribution in [0.3, 0.4) is 0 Å². The van der Waals surface area contributed by atoms with Crippen LogP contribution in [0.1, 0.15) is 58.3 Å². The molecule has 5 atom stereocenters. The van der Waals surface area contributed by atoms with Crippen LogP contribution in [-0.4, -0.2) is 23.3 Å². The highest BCUT2D eigenvalue weighted by atomic mass is 16.3. The lowest BCUT2D eigenvalue weighted by Gasteiger charge is -2.57. The van der Waals surface area contributed by atoms with Crippen molar-refractivity contribution in [1.29, 1.82) is 0 Å². The van der Waals surface area contributed by atoms with Crippen LogP contribution in [0.15, 0.2) is 11.6 Å². The molecular formula is C19H26O3. The predicted octanol–water partition coefficient (Wildman–Crippen LogP) is 3.06. The third kappa shape index (κ3) is 1.72. The Hall–Kier alpha value is -0.960. The second-order valence-electron chi connectivity index (χ2n) is 8.28. The van der Waals surface area contributed by atoms with Crippen molar-refractivity contribution in [2.45, 2.75) is 58.3 Å². The van der Waals surface area contributed by atoms with E-state index >= 15 is 0 Å². The van der Waals surface area contributed by atoms with Crippen molar-refractivity contribution < 1.29 is 14.7 Å². The maximum atomic E-state index is 12.4. The molecule has 0 radical (unpaired) electrons. The summed E-state index contributed by atoms with van der Waals surface area (Å²) >= 11 is 0. The molecule has 3 fully saturated rings. The van der Waals surface area contributed by atoms with E-state index in [0.29, 0.717) is 30.0 Å². The zero-order valence-corrected chi connectivity index (χ0v) is 13.4. The Labute approximate surface area is 132 Å². The van der Waals surface area contributed by atoms with E-state index in [0.717, 1.165) is 44.9 Å². The van der Waals surface area contributed by atoms with Gasteiger partial charge in [0.25, 0.3) is 0 Å². The van der Waals surface area contributed by atoms with Crippen LogP contribution in [0.5, 0.6) is 0 Å². The van der Waals surface area contributed by atoms with Gasteiger partial charge in [0.1, 0.15) is 5.78 Å². The summed E-state index contributed by atoms with van der Waals surface area (Å²) in [6, 6.07) is 0. The van der Waals surface area contributed by atoms with E-state index in [1.807, 2.05) is 6.08 Å². The van der Waals surface area contributed by atoms with Crippen molar-refractivity contribution >= 4 is 11.6 Å². The Bertz CT molecular complexity index is 563. The molecule has 3 heteroatoms. The first kappa shape index (κ1) is 14.6. The highest BCUT2D eigenvalue weighted by Gasteiger charge is 2.59. The number of carbonyl (C=O) groups is 2. The van der Waals surface area contributed by atoms with Gasteiger partial charge < -0.3 is 5.11 Å².